The number of rotatable bonds is 1. The molecule has 4 nitrogen and oxygen atoms in total. The summed E-state index contributed by atoms with van der Waals surface area (Å²) in [6.07, 6.45) is 2.14. The molecule has 0 bridgehead atoms. The lowest BCUT2D eigenvalue weighted by molar-refractivity contribution is 0.0502. The van der Waals surface area contributed by atoms with Gasteiger partial charge in [0.2, 0.25) is 0 Å². The second-order valence-electron chi connectivity index (χ2n) is 4.85. The normalized spacial score (nSPS) is 27.4. The van der Waals surface area contributed by atoms with E-state index >= 15 is 0 Å². The van der Waals surface area contributed by atoms with Gasteiger partial charge in [0, 0.05) is 18.9 Å². The van der Waals surface area contributed by atoms with Gasteiger partial charge in [0.15, 0.2) is 6.10 Å². The molecule has 1 fully saturated rings. The molecular formula is C10H20NO3+. The smallest absolute Gasteiger partial charge is 0.407 e. The maximum absolute atomic E-state index is 11.3. The van der Waals surface area contributed by atoms with E-state index in [4.69, 9.17) is 9.84 Å². The molecule has 2 atom stereocenters. The Bertz CT molecular complexity index is 210. The van der Waals surface area contributed by atoms with Crippen molar-refractivity contribution in [3.05, 3.63) is 0 Å². The molecule has 0 heterocycles. The highest BCUT2D eigenvalue weighted by Gasteiger charge is 2.28. The molecule has 1 aliphatic rings. The first-order valence-electron chi connectivity index (χ1n) is 5.07. The van der Waals surface area contributed by atoms with Crippen LogP contribution < -0.4 is 5.32 Å². The van der Waals surface area contributed by atoms with Crippen molar-refractivity contribution >= 4 is 6.09 Å². The summed E-state index contributed by atoms with van der Waals surface area (Å²) in [4.78, 5) is 11.3. The highest BCUT2D eigenvalue weighted by Crippen LogP contribution is 2.19. The molecule has 0 unspecified atom stereocenters. The van der Waals surface area contributed by atoms with Crippen LogP contribution in [0.4, 0.5) is 4.79 Å². The van der Waals surface area contributed by atoms with E-state index in [-0.39, 0.29) is 18.2 Å². The summed E-state index contributed by atoms with van der Waals surface area (Å²) in [5.41, 5.74) is -0.441. The second-order valence-corrected chi connectivity index (χ2v) is 4.85. The Morgan fingerprint density at radius 3 is 2.50 bits per heavy atom. The highest BCUT2D eigenvalue weighted by molar-refractivity contribution is 5.68. The first-order chi connectivity index (χ1) is 6.37. The lowest BCUT2D eigenvalue weighted by Gasteiger charge is -2.21. The molecule has 0 aromatic rings. The topological polar surface area (TPSA) is 61.2 Å². The van der Waals surface area contributed by atoms with E-state index in [2.05, 4.69) is 5.32 Å². The number of ether oxygens (including phenoxy) is 1. The molecule has 1 amide bonds. The third-order valence-corrected chi connectivity index (χ3v) is 2.15. The number of hydrogen-bond acceptors (Lipinski definition) is 2. The van der Waals surface area contributed by atoms with Crippen LogP contribution >= 0.6 is 0 Å². The minimum atomic E-state index is -0.441. The zero-order valence-electron chi connectivity index (χ0n) is 9.09. The van der Waals surface area contributed by atoms with Gasteiger partial charge in [-0.2, -0.15) is 0 Å². The number of alkyl carbamates (subject to hydrolysis) is 1. The third kappa shape index (κ3) is 3.96. The van der Waals surface area contributed by atoms with Gasteiger partial charge in [0.1, 0.15) is 5.60 Å². The van der Waals surface area contributed by atoms with E-state index in [1.807, 2.05) is 20.8 Å². The number of hydrogen-bond donors (Lipinski definition) is 1. The number of carbonyl (C=O) groups excluding carboxylic acids is 1. The van der Waals surface area contributed by atoms with Crippen LogP contribution in [0.25, 0.3) is 0 Å². The average Bonchev–Trinajstić information content (AvgIpc) is 2.30. The van der Waals surface area contributed by atoms with Crippen molar-refractivity contribution in [2.24, 2.45) is 0 Å². The second kappa shape index (κ2) is 4.17. The minimum absolute atomic E-state index is 0.0186. The first kappa shape index (κ1) is 11.3. The van der Waals surface area contributed by atoms with Gasteiger partial charge in [-0.05, 0) is 27.2 Å². The number of amides is 1. The van der Waals surface area contributed by atoms with Crippen LogP contribution in [0.3, 0.4) is 0 Å². The van der Waals surface area contributed by atoms with E-state index in [9.17, 15) is 4.79 Å². The van der Waals surface area contributed by atoms with Crippen LogP contribution in [0.1, 0.15) is 40.0 Å². The van der Waals surface area contributed by atoms with Gasteiger partial charge in [-0.15, -0.1) is 0 Å². The summed E-state index contributed by atoms with van der Waals surface area (Å²) in [5, 5.41) is 10.3. The average molecular weight is 202 g/mol. The summed E-state index contributed by atoms with van der Waals surface area (Å²) < 4.78 is 5.12. The van der Waals surface area contributed by atoms with Gasteiger partial charge in [-0.1, -0.05) is 0 Å². The van der Waals surface area contributed by atoms with Gasteiger partial charge in [0.25, 0.3) is 0 Å². The highest BCUT2D eigenvalue weighted by atomic mass is 16.6. The van der Waals surface area contributed by atoms with E-state index in [0.29, 0.717) is 0 Å². The van der Waals surface area contributed by atoms with Crippen LogP contribution in [0.15, 0.2) is 0 Å². The predicted octanol–water partition coefficient (Wildman–Crippen LogP) is 1.16. The van der Waals surface area contributed by atoms with Crippen LogP contribution in [-0.4, -0.2) is 28.9 Å². The summed E-state index contributed by atoms with van der Waals surface area (Å²) in [5.74, 6) is 0. The molecule has 14 heavy (non-hydrogen) atoms. The van der Waals surface area contributed by atoms with Crippen LogP contribution in [0, 0.1) is 0 Å². The van der Waals surface area contributed by atoms with Crippen molar-refractivity contribution in [3.8, 4) is 0 Å². The Kier molecular flexibility index (Phi) is 3.37. The van der Waals surface area contributed by atoms with Gasteiger partial charge < -0.3 is 15.2 Å². The Balaban J connectivity index is 2.27. The van der Waals surface area contributed by atoms with E-state index in [1.54, 1.807) is 0 Å². The van der Waals surface area contributed by atoms with Gasteiger partial charge in [-0.25, -0.2) is 4.79 Å². The van der Waals surface area contributed by atoms with E-state index in [1.165, 1.54) is 0 Å². The molecule has 4 heteroatoms. The Hall–Kier alpha value is -0.770. The van der Waals surface area contributed by atoms with Crippen molar-refractivity contribution in [1.29, 1.82) is 0 Å². The molecule has 0 spiro atoms. The Morgan fingerprint density at radius 1 is 1.43 bits per heavy atom. The van der Waals surface area contributed by atoms with Crippen molar-refractivity contribution < 1.29 is 14.6 Å². The standard InChI is InChI=1S/C10H19NO3/c1-10(2,3)14-9(13)11-7-4-5-8(12)6-7/h7-8,12H,4-6H2,1-3H3,(H,11,13)/p+1/t7-,8+/m0/s1. The van der Waals surface area contributed by atoms with Crippen molar-refractivity contribution in [2.75, 3.05) is 0 Å². The van der Waals surface area contributed by atoms with Gasteiger partial charge in [0.05, 0.1) is 0 Å². The quantitative estimate of drug-likeness (QED) is 0.648. The molecule has 0 aromatic heterocycles. The molecule has 82 valence electrons. The van der Waals surface area contributed by atoms with Crippen molar-refractivity contribution in [3.63, 3.8) is 0 Å². The summed E-state index contributed by atoms with van der Waals surface area (Å²) in [7, 11) is 0. The largest absolute Gasteiger partial charge is 0.444 e. The summed E-state index contributed by atoms with van der Waals surface area (Å²) in [6.45, 7) is 5.53. The zero-order chi connectivity index (χ0) is 10.8. The molecule has 1 rings (SSSR count). The maximum atomic E-state index is 11.3. The number of nitrogens with one attached hydrogen (secondary N) is 1. The van der Waals surface area contributed by atoms with E-state index < -0.39 is 5.60 Å². The predicted molar refractivity (Wildman–Crippen MR) is 54.4 cm³/mol. The summed E-state index contributed by atoms with van der Waals surface area (Å²) >= 11 is 0. The molecule has 0 saturated heterocycles. The monoisotopic (exact) mass is 202 g/mol. The van der Waals surface area contributed by atoms with Crippen molar-refractivity contribution in [1.82, 2.24) is 5.32 Å². The Labute approximate surface area is 84.6 Å². The molecule has 1 aliphatic carbocycles. The summed E-state index contributed by atoms with van der Waals surface area (Å²) in [6, 6.07) is 0.132. The van der Waals surface area contributed by atoms with E-state index in [0.717, 1.165) is 19.3 Å². The maximum Gasteiger partial charge on any atom is 0.407 e. The van der Waals surface area contributed by atoms with Crippen LogP contribution in [0.2, 0.25) is 0 Å². The van der Waals surface area contributed by atoms with Crippen LogP contribution in [0.5, 0.6) is 0 Å². The fourth-order valence-corrected chi connectivity index (χ4v) is 1.59. The van der Waals surface area contributed by atoms with Crippen molar-refractivity contribution in [2.45, 2.75) is 57.8 Å². The fourth-order valence-electron chi connectivity index (χ4n) is 1.59. The third-order valence-electron chi connectivity index (χ3n) is 2.15. The molecular weight excluding hydrogens is 182 g/mol. The molecule has 1 saturated carbocycles. The van der Waals surface area contributed by atoms with Gasteiger partial charge in [-0.3, -0.25) is 0 Å². The molecule has 0 aliphatic heterocycles. The SMILES string of the molecule is CC(C)(C)OC(=O)N[C@H]1CC[C@@H]([OH2+])C1. The van der Waals surface area contributed by atoms with Crippen LogP contribution in [-0.2, 0) is 4.74 Å². The zero-order valence-corrected chi connectivity index (χ0v) is 9.09. The first-order valence-corrected chi connectivity index (χ1v) is 5.07. The molecule has 3 N–H and O–H groups in total. The number of carbonyl (C=O) groups is 1. The minimum Gasteiger partial charge on any atom is -0.444 e. The fraction of sp³-hybridized carbons (Fsp3) is 0.900. The lowest BCUT2D eigenvalue weighted by atomic mass is 10.2. The molecule has 0 aromatic carbocycles. The van der Waals surface area contributed by atoms with Gasteiger partial charge >= 0.3 is 6.09 Å². The molecule has 0 radical (unpaired) electrons. The lowest BCUT2D eigenvalue weighted by Crippen LogP contribution is -2.38. The Morgan fingerprint density at radius 2 is 2.07 bits per heavy atom.